The standard InChI is InChI=1S/C29H27N5O3S/c1-18(2)16-32-25-14-6-5-12-23(25)27(28(32)35)31-33-26(21-10-8-11-22(15-21)34(36)37)17-38-29(33)30-24-13-7-9-19(3)20(24)4/h5-15,17-18H,16H2,1-4H3. The summed E-state index contributed by atoms with van der Waals surface area (Å²) in [6.45, 7) is 8.75. The lowest BCUT2D eigenvalue weighted by Gasteiger charge is -2.18. The van der Waals surface area contributed by atoms with E-state index < -0.39 is 4.92 Å². The summed E-state index contributed by atoms with van der Waals surface area (Å²) in [4.78, 5) is 31.9. The van der Waals surface area contributed by atoms with Crippen molar-refractivity contribution in [1.29, 1.82) is 0 Å². The van der Waals surface area contributed by atoms with Gasteiger partial charge >= 0.3 is 0 Å². The number of para-hydroxylation sites is 1. The van der Waals surface area contributed by atoms with Gasteiger partial charge in [0.2, 0.25) is 4.80 Å². The first-order chi connectivity index (χ1) is 18.2. The second-order valence-corrected chi connectivity index (χ2v) is 10.5. The molecule has 1 aliphatic rings. The van der Waals surface area contributed by atoms with Gasteiger partial charge in [-0.1, -0.05) is 56.3 Å². The molecule has 1 aliphatic heterocycles. The van der Waals surface area contributed by atoms with E-state index in [1.165, 1.54) is 23.5 Å². The van der Waals surface area contributed by atoms with Gasteiger partial charge in [-0.05, 0) is 43.0 Å². The third-order valence-electron chi connectivity index (χ3n) is 6.48. The molecule has 0 bridgehead atoms. The largest absolute Gasteiger partial charge is 0.306 e. The van der Waals surface area contributed by atoms with Crippen LogP contribution in [0.25, 0.3) is 11.3 Å². The molecule has 0 aliphatic carbocycles. The van der Waals surface area contributed by atoms with Crippen LogP contribution in [-0.4, -0.2) is 27.8 Å². The highest BCUT2D eigenvalue weighted by molar-refractivity contribution is 7.07. The molecule has 5 rings (SSSR count). The monoisotopic (exact) mass is 525 g/mol. The summed E-state index contributed by atoms with van der Waals surface area (Å²) < 4.78 is 1.63. The highest BCUT2D eigenvalue weighted by Gasteiger charge is 2.34. The molecule has 9 heteroatoms. The quantitative estimate of drug-likeness (QED) is 0.221. The third-order valence-corrected chi connectivity index (χ3v) is 7.29. The van der Waals surface area contributed by atoms with Crippen LogP contribution in [0.2, 0.25) is 0 Å². The lowest BCUT2D eigenvalue weighted by molar-refractivity contribution is -0.384. The SMILES string of the molecule is Cc1cccc(N=c2scc(-c3cccc([N+](=O)[O-])c3)n2N=C2C(=O)N(CC(C)C)c3ccccc32)c1C. The molecule has 0 N–H and O–H groups in total. The van der Waals surface area contributed by atoms with Gasteiger partial charge in [-0.25, -0.2) is 9.67 Å². The molecule has 38 heavy (non-hydrogen) atoms. The molecule has 192 valence electrons. The molecular formula is C29H27N5O3S. The van der Waals surface area contributed by atoms with Crippen LogP contribution in [0.4, 0.5) is 17.1 Å². The molecule has 0 spiro atoms. The van der Waals surface area contributed by atoms with Gasteiger partial charge in [0.25, 0.3) is 11.6 Å². The topological polar surface area (TPSA) is 93.1 Å². The molecule has 0 radical (unpaired) electrons. The number of anilines is 1. The Kier molecular flexibility index (Phi) is 6.77. The second-order valence-electron chi connectivity index (χ2n) is 9.63. The summed E-state index contributed by atoms with van der Waals surface area (Å²) in [5.74, 6) is 0.0942. The molecule has 0 fully saturated rings. The van der Waals surface area contributed by atoms with E-state index in [1.807, 2.05) is 61.7 Å². The molecule has 0 atom stereocenters. The van der Waals surface area contributed by atoms with Gasteiger partial charge in [-0.3, -0.25) is 14.9 Å². The molecule has 1 amide bonds. The predicted molar refractivity (Wildman–Crippen MR) is 151 cm³/mol. The number of carbonyl (C=O) groups is 1. The van der Waals surface area contributed by atoms with Crippen LogP contribution in [0.15, 0.2) is 82.2 Å². The van der Waals surface area contributed by atoms with Crippen molar-refractivity contribution in [3.63, 3.8) is 0 Å². The summed E-state index contributed by atoms with van der Waals surface area (Å²) in [6, 6.07) is 19.9. The van der Waals surface area contributed by atoms with Crippen LogP contribution in [0, 0.1) is 29.9 Å². The zero-order valence-electron chi connectivity index (χ0n) is 21.6. The van der Waals surface area contributed by atoms with Gasteiger partial charge < -0.3 is 4.90 Å². The summed E-state index contributed by atoms with van der Waals surface area (Å²) in [6.07, 6.45) is 0. The smallest absolute Gasteiger partial charge is 0.279 e. The second kappa shape index (κ2) is 10.2. The van der Waals surface area contributed by atoms with Crippen LogP contribution in [0.1, 0.15) is 30.5 Å². The number of hydrogen-bond donors (Lipinski definition) is 0. The van der Waals surface area contributed by atoms with Crippen molar-refractivity contribution in [1.82, 2.24) is 4.68 Å². The fourth-order valence-corrected chi connectivity index (χ4v) is 5.26. The van der Waals surface area contributed by atoms with E-state index in [-0.39, 0.29) is 17.5 Å². The Bertz CT molecular complexity index is 1660. The fourth-order valence-electron chi connectivity index (χ4n) is 4.42. The number of carbonyl (C=O) groups excluding carboxylic acids is 1. The Morgan fingerprint density at radius 2 is 1.79 bits per heavy atom. The van der Waals surface area contributed by atoms with Gasteiger partial charge in [0.15, 0.2) is 5.71 Å². The molecule has 3 aromatic carbocycles. The van der Waals surface area contributed by atoms with E-state index in [0.29, 0.717) is 28.3 Å². The summed E-state index contributed by atoms with van der Waals surface area (Å²) in [5, 5.41) is 18.2. The molecule has 0 saturated heterocycles. The number of fused-ring (bicyclic) bond motifs is 1. The minimum Gasteiger partial charge on any atom is -0.306 e. The van der Waals surface area contributed by atoms with Crippen molar-refractivity contribution in [3.05, 3.63) is 104 Å². The number of nitro benzene ring substituents is 1. The van der Waals surface area contributed by atoms with Crippen molar-refractivity contribution in [2.24, 2.45) is 16.0 Å². The average Bonchev–Trinajstić information content (AvgIpc) is 3.41. The van der Waals surface area contributed by atoms with Crippen molar-refractivity contribution in [2.75, 3.05) is 11.4 Å². The maximum absolute atomic E-state index is 13.6. The van der Waals surface area contributed by atoms with Crippen molar-refractivity contribution < 1.29 is 9.72 Å². The first-order valence-corrected chi connectivity index (χ1v) is 13.2. The van der Waals surface area contributed by atoms with E-state index in [2.05, 4.69) is 13.8 Å². The molecule has 1 aromatic heterocycles. The van der Waals surface area contributed by atoms with E-state index in [9.17, 15) is 14.9 Å². The maximum Gasteiger partial charge on any atom is 0.279 e. The van der Waals surface area contributed by atoms with Crippen molar-refractivity contribution in [3.8, 4) is 11.3 Å². The normalized spacial score (nSPS) is 14.6. The lowest BCUT2D eigenvalue weighted by Crippen LogP contribution is -2.33. The number of amides is 1. The zero-order chi connectivity index (χ0) is 27.0. The number of aromatic nitrogens is 1. The number of benzene rings is 3. The van der Waals surface area contributed by atoms with Gasteiger partial charge in [-0.15, -0.1) is 11.3 Å². The number of thiazole rings is 1. The number of non-ortho nitro benzene ring substituents is 1. The molecule has 0 unspecified atom stereocenters. The van der Waals surface area contributed by atoms with E-state index in [1.54, 1.807) is 21.7 Å². The number of rotatable bonds is 6. The van der Waals surface area contributed by atoms with Crippen LogP contribution in [0.3, 0.4) is 0 Å². The Hall–Kier alpha value is -4.37. The first kappa shape index (κ1) is 25.3. The molecule has 0 saturated carbocycles. The number of hydrogen-bond acceptors (Lipinski definition) is 6. The fraction of sp³-hybridized carbons (Fsp3) is 0.207. The van der Waals surface area contributed by atoms with Crippen LogP contribution >= 0.6 is 11.3 Å². The Labute approximate surface area is 224 Å². The van der Waals surface area contributed by atoms with Gasteiger partial charge in [0, 0.05) is 35.2 Å². The highest BCUT2D eigenvalue weighted by Crippen LogP contribution is 2.31. The number of nitrogens with zero attached hydrogens (tertiary/aromatic N) is 5. The summed E-state index contributed by atoms with van der Waals surface area (Å²) >= 11 is 1.37. The third kappa shape index (κ3) is 4.68. The van der Waals surface area contributed by atoms with Crippen LogP contribution in [-0.2, 0) is 4.79 Å². The van der Waals surface area contributed by atoms with E-state index in [0.717, 1.165) is 28.1 Å². The van der Waals surface area contributed by atoms with E-state index in [4.69, 9.17) is 10.1 Å². The Morgan fingerprint density at radius 3 is 2.55 bits per heavy atom. The molecule has 4 aromatic rings. The van der Waals surface area contributed by atoms with Crippen molar-refractivity contribution in [2.45, 2.75) is 27.7 Å². The number of aryl methyl sites for hydroxylation is 1. The molecular weight excluding hydrogens is 498 g/mol. The molecule has 8 nitrogen and oxygen atoms in total. The summed E-state index contributed by atoms with van der Waals surface area (Å²) in [7, 11) is 0. The first-order valence-electron chi connectivity index (χ1n) is 12.3. The van der Waals surface area contributed by atoms with Gasteiger partial charge in [0.05, 0.1) is 22.0 Å². The maximum atomic E-state index is 13.6. The predicted octanol–water partition coefficient (Wildman–Crippen LogP) is 6.23. The number of nitro groups is 1. The highest BCUT2D eigenvalue weighted by atomic mass is 32.1. The minimum atomic E-state index is -0.423. The van der Waals surface area contributed by atoms with Crippen LogP contribution in [0.5, 0.6) is 0 Å². The molecule has 2 heterocycles. The van der Waals surface area contributed by atoms with Crippen LogP contribution < -0.4 is 9.70 Å². The summed E-state index contributed by atoms with van der Waals surface area (Å²) in [5.41, 5.74) is 6.05. The minimum absolute atomic E-state index is 0.0219. The average molecular weight is 526 g/mol. The lowest BCUT2D eigenvalue weighted by atomic mass is 10.1. The van der Waals surface area contributed by atoms with Crippen molar-refractivity contribution >= 4 is 40.0 Å². The van der Waals surface area contributed by atoms with E-state index >= 15 is 0 Å². The zero-order valence-corrected chi connectivity index (χ0v) is 22.4. The van der Waals surface area contributed by atoms with Gasteiger partial charge in [-0.2, -0.15) is 5.10 Å². The Balaban J connectivity index is 1.75. The Morgan fingerprint density at radius 1 is 1.03 bits per heavy atom. The van der Waals surface area contributed by atoms with Gasteiger partial charge in [0.1, 0.15) is 0 Å².